The Hall–Kier alpha value is -3.04. The molecular formula is C24H32FN5O3. The summed E-state index contributed by atoms with van der Waals surface area (Å²) in [5, 5.41) is 30.1. The summed E-state index contributed by atoms with van der Waals surface area (Å²) < 4.78 is 15.8. The normalized spacial score (nSPS) is 13.2. The Labute approximate surface area is 192 Å². The fourth-order valence-electron chi connectivity index (χ4n) is 3.32. The minimum absolute atomic E-state index is 0.247. The number of aryl methyl sites for hydroxylation is 1. The number of aromatic nitrogens is 3. The van der Waals surface area contributed by atoms with Gasteiger partial charge in [-0.1, -0.05) is 0 Å². The van der Waals surface area contributed by atoms with E-state index in [-0.39, 0.29) is 12.1 Å². The van der Waals surface area contributed by atoms with Crippen LogP contribution in [0.4, 0.5) is 10.1 Å². The van der Waals surface area contributed by atoms with E-state index in [4.69, 9.17) is 0 Å². The molecule has 0 saturated heterocycles. The highest BCUT2D eigenvalue weighted by molar-refractivity contribution is 6.03. The number of aliphatic hydroxyl groups is 2. The van der Waals surface area contributed by atoms with Crippen molar-refractivity contribution in [2.45, 2.75) is 58.4 Å². The van der Waals surface area contributed by atoms with Crippen molar-refractivity contribution in [1.82, 2.24) is 19.9 Å². The van der Waals surface area contributed by atoms with Crippen LogP contribution in [0.15, 0.2) is 36.8 Å². The van der Waals surface area contributed by atoms with Gasteiger partial charge in [0.25, 0.3) is 5.91 Å². The van der Waals surface area contributed by atoms with Gasteiger partial charge in [-0.05, 0) is 64.8 Å². The second-order valence-corrected chi connectivity index (χ2v) is 9.50. The van der Waals surface area contributed by atoms with Crippen LogP contribution in [0, 0.1) is 6.92 Å². The largest absolute Gasteiger partial charge is 0.390 e. The van der Waals surface area contributed by atoms with Gasteiger partial charge in [0.05, 0.1) is 40.7 Å². The fourth-order valence-corrected chi connectivity index (χ4v) is 3.32. The number of rotatable bonds is 9. The van der Waals surface area contributed by atoms with E-state index >= 15 is 0 Å². The van der Waals surface area contributed by atoms with Gasteiger partial charge in [0, 0.05) is 30.2 Å². The minimum atomic E-state index is -1.63. The summed E-state index contributed by atoms with van der Waals surface area (Å²) in [5.74, 6) is -0.509. The highest BCUT2D eigenvalue weighted by Gasteiger charge is 2.27. The van der Waals surface area contributed by atoms with Crippen LogP contribution in [0.1, 0.15) is 50.2 Å². The van der Waals surface area contributed by atoms with Gasteiger partial charge < -0.3 is 20.8 Å². The Morgan fingerprint density at radius 3 is 2.58 bits per heavy atom. The van der Waals surface area contributed by atoms with E-state index in [0.29, 0.717) is 24.2 Å². The van der Waals surface area contributed by atoms with Gasteiger partial charge in [-0.15, -0.1) is 0 Å². The standard InChI is InChI=1S/C24H32FN5O3/c1-15-10-16(6-8-26-15)17-11-19-21(27-9-7-23(2,3)32)18(12-29-30(19)14-17)22(31)28-13-20(25)24(4,5)33/h6,8,10-12,14,20,27,32-33H,7,9,13H2,1-5H3,(H,28,31)/t20-/m1/s1. The maximum atomic E-state index is 14.2. The van der Waals surface area contributed by atoms with Gasteiger partial charge in [-0.2, -0.15) is 5.10 Å². The van der Waals surface area contributed by atoms with Gasteiger partial charge in [-0.25, -0.2) is 8.91 Å². The summed E-state index contributed by atoms with van der Waals surface area (Å²) in [6, 6.07) is 5.77. The van der Waals surface area contributed by atoms with Crippen LogP contribution < -0.4 is 10.6 Å². The summed E-state index contributed by atoms with van der Waals surface area (Å²) in [4.78, 5) is 17.1. The number of hydrogen-bond acceptors (Lipinski definition) is 6. The SMILES string of the molecule is Cc1cc(-c2cc3c(NCCC(C)(C)O)c(C(=O)NC[C@@H](F)C(C)(C)O)cnn3c2)ccn1. The molecule has 9 heteroatoms. The third-order valence-electron chi connectivity index (χ3n) is 5.36. The van der Waals surface area contributed by atoms with Crippen molar-refractivity contribution in [1.29, 1.82) is 0 Å². The maximum Gasteiger partial charge on any atom is 0.255 e. The third kappa shape index (κ3) is 6.27. The van der Waals surface area contributed by atoms with E-state index in [0.717, 1.165) is 16.8 Å². The smallest absolute Gasteiger partial charge is 0.255 e. The number of halogens is 1. The van der Waals surface area contributed by atoms with Crippen molar-refractivity contribution in [3.05, 3.63) is 48.0 Å². The topological polar surface area (TPSA) is 112 Å². The molecule has 0 aliphatic heterocycles. The predicted octanol–water partition coefficient (Wildman–Crippen LogP) is 3.12. The number of pyridine rings is 1. The Bertz CT molecular complexity index is 1130. The Balaban J connectivity index is 1.97. The van der Waals surface area contributed by atoms with E-state index in [1.165, 1.54) is 20.0 Å². The molecule has 4 N–H and O–H groups in total. The van der Waals surface area contributed by atoms with Gasteiger partial charge in [-0.3, -0.25) is 9.78 Å². The Morgan fingerprint density at radius 2 is 1.94 bits per heavy atom. The average Bonchev–Trinajstić information content (AvgIpc) is 3.15. The fraction of sp³-hybridized carbons (Fsp3) is 0.458. The molecule has 3 aromatic heterocycles. The van der Waals surface area contributed by atoms with Gasteiger partial charge >= 0.3 is 0 Å². The molecule has 0 spiro atoms. The van der Waals surface area contributed by atoms with Crippen molar-refractivity contribution >= 4 is 17.1 Å². The lowest BCUT2D eigenvalue weighted by Crippen LogP contribution is -2.42. The summed E-state index contributed by atoms with van der Waals surface area (Å²) in [5.41, 5.74) is 1.75. The zero-order valence-corrected chi connectivity index (χ0v) is 19.7. The maximum absolute atomic E-state index is 14.2. The molecule has 0 aromatic carbocycles. The van der Waals surface area contributed by atoms with Crippen molar-refractivity contribution in [3.8, 4) is 11.1 Å². The van der Waals surface area contributed by atoms with Crippen LogP contribution in [-0.4, -0.2) is 61.2 Å². The molecule has 0 unspecified atom stereocenters. The lowest BCUT2D eigenvalue weighted by Gasteiger charge is -2.23. The van der Waals surface area contributed by atoms with Crippen LogP contribution >= 0.6 is 0 Å². The lowest BCUT2D eigenvalue weighted by molar-refractivity contribution is -0.00177. The summed E-state index contributed by atoms with van der Waals surface area (Å²) in [6.07, 6.45) is 3.84. The zero-order valence-electron chi connectivity index (χ0n) is 19.7. The molecule has 3 aromatic rings. The van der Waals surface area contributed by atoms with Crippen molar-refractivity contribution in [3.63, 3.8) is 0 Å². The molecule has 33 heavy (non-hydrogen) atoms. The minimum Gasteiger partial charge on any atom is -0.390 e. The van der Waals surface area contributed by atoms with E-state index in [1.54, 1.807) is 24.6 Å². The molecule has 1 atom stereocenters. The first-order valence-corrected chi connectivity index (χ1v) is 10.9. The first kappa shape index (κ1) is 24.6. The Morgan fingerprint density at radius 1 is 1.21 bits per heavy atom. The monoisotopic (exact) mass is 457 g/mol. The first-order chi connectivity index (χ1) is 15.3. The first-order valence-electron chi connectivity index (χ1n) is 10.9. The number of amides is 1. The lowest BCUT2D eigenvalue weighted by atomic mass is 10.0. The number of carbonyl (C=O) groups is 1. The van der Waals surface area contributed by atoms with Crippen LogP contribution in [0.25, 0.3) is 16.6 Å². The number of nitrogens with one attached hydrogen (secondary N) is 2. The molecule has 3 rings (SSSR count). The van der Waals surface area contributed by atoms with Crippen molar-refractivity contribution < 1.29 is 19.4 Å². The van der Waals surface area contributed by atoms with Crippen molar-refractivity contribution in [2.75, 3.05) is 18.4 Å². The van der Waals surface area contributed by atoms with E-state index < -0.39 is 23.3 Å². The zero-order chi connectivity index (χ0) is 24.4. The number of carbonyl (C=O) groups excluding carboxylic acids is 1. The molecule has 178 valence electrons. The van der Waals surface area contributed by atoms with Crippen LogP contribution in [-0.2, 0) is 0 Å². The number of anilines is 1. The highest BCUT2D eigenvalue weighted by Crippen LogP contribution is 2.29. The van der Waals surface area contributed by atoms with Gasteiger partial charge in [0.1, 0.15) is 6.17 Å². The predicted molar refractivity (Wildman–Crippen MR) is 126 cm³/mol. The summed E-state index contributed by atoms with van der Waals surface area (Å²) in [6.45, 7) is 8.11. The number of fused-ring (bicyclic) bond motifs is 1. The third-order valence-corrected chi connectivity index (χ3v) is 5.36. The highest BCUT2D eigenvalue weighted by atomic mass is 19.1. The number of nitrogens with zero attached hydrogens (tertiary/aromatic N) is 3. The molecule has 1 amide bonds. The van der Waals surface area contributed by atoms with Gasteiger partial charge in [0.2, 0.25) is 0 Å². The summed E-state index contributed by atoms with van der Waals surface area (Å²) in [7, 11) is 0. The molecule has 0 fully saturated rings. The second-order valence-electron chi connectivity index (χ2n) is 9.50. The molecule has 3 heterocycles. The van der Waals surface area contributed by atoms with Crippen LogP contribution in [0.3, 0.4) is 0 Å². The Kier molecular flexibility index (Phi) is 7.04. The molecule has 0 radical (unpaired) electrons. The van der Waals surface area contributed by atoms with Gasteiger partial charge in [0.15, 0.2) is 0 Å². The van der Waals surface area contributed by atoms with E-state index in [9.17, 15) is 19.4 Å². The second kappa shape index (κ2) is 9.44. The van der Waals surface area contributed by atoms with E-state index in [1.807, 2.05) is 31.3 Å². The molecular weight excluding hydrogens is 425 g/mol. The molecule has 0 saturated carbocycles. The molecule has 0 aliphatic carbocycles. The number of alkyl halides is 1. The van der Waals surface area contributed by atoms with Crippen molar-refractivity contribution in [2.24, 2.45) is 0 Å². The summed E-state index contributed by atoms with van der Waals surface area (Å²) >= 11 is 0. The molecule has 0 bridgehead atoms. The number of hydrogen-bond donors (Lipinski definition) is 4. The van der Waals surface area contributed by atoms with Crippen LogP contribution in [0.5, 0.6) is 0 Å². The van der Waals surface area contributed by atoms with Crippen LogP contribution in [0.2, 0.25) is 0 Å². The average molecular weight is 458 g/mol. The quantitative estimate of drug-likeness (QED) is 0.393. The molecule has 0 aliphatic rings. The molecule has 8 nitrogen and oxygen atoms in total. The van der Waals surface area contributed by atoms with E-state index in [2.05, 4.69) is 20.7 Å².